The number of carbonyl (C=O) groups excluding carboxylic acids is 1. The van der Waals surface area contributed by atoms with E-state index >= 15 is 0 Å². The predicted octanol–water partition coefficient (Wildman–Crippen LogP) is -0.397. The number of esters is 1. The van der Waals surface area contributed by atoms with Crippen LogP contribution in [0.25, 0.3) is 0 Å². The monoisotopic (exact) mass is 234 g/mol. The first-order chi connectivity index (χ1) is 7.69. The maximum absolute atomic E-state index is 11.6. The van der Waals surface area contributed by atoms with Gasteiger partial charge in [0.05, 0.1) is 6.61 Å². The Bertz CT molecular complexity index is 231. The van der Waals surface area contributed by atoms with E-state index in [0.29, 0.717) is 0 Å². The zero-order valence-corrected chi connectivity index (χ0v) is 9.97. The molecule has 1 rings (SSSR count). The molecule has 0 amide bonds. The molecule has 4 atom stereocenters. The molecule has 1 aliphatic heterocycles. The van der Waals surface area contributed by atoms with Gasteiger partial charge in [0.25, 0.3) is 0 Å². The summed E-state index contributed by atoms with van der Waals surface area (Å²) in [5, 5.41) is 0. The Morgan fingerprint density at radius 2 is 1.69 bits per heavy atom. The smallest absolute Gasteiger partial charge is 0.338 e. The topological polar surface area (TPSA) is 63.2 Å². The summed E-state index contributed by atoms with van der Waals surface area (Å²) >= 11 is 0. The highest BCUT2D eigenvalue weighted by atomic mass is 16.6. The van der Waals surface area contributed by atoms with Crippen LogP contribution in [0.3, 0.4) is 0 Å². The number of ether oxygens (including phenoxy) is 5. The lowest BCUT2D eigenvalue weighted by molar-refractivity contribution is -0.220. The number of hydrogen-bond donors (Lipinski definition) is 0. The van der Waals surface area contributed by atoms with Crippen molar-refractivity contribution in [2.45, 2.75) is 24.4 Å². The third-order valence-corrected chi connectivity index (χ3v) is 2.62. The minimum Gasteiger partial charge on any atom is -0.455 e. The zero-order valence-electron chi connectivity index (χ0n) is 9.97. The molecule has 0 spiro atoms. The number of cyclic esters (lactones) is 1. The van der Waals surface area contributed by atoms with Crippen molar-refractivity contribution in [3.8, 4) is 0 Å². The lowest BCUT2D eigenvalue weighted by Gasteiger charge is -2.39. The molecule has 0 aromatic carbocycles. The summed E-state index contributed by atoms with van der Waals surface area (Å²) in [6.07, 6.45) is -2.12. The van der Waals surface area contributed by atoms with Gasteiger partial charge in [-0.05, 0) is 0 Å². The predicted molar refractivity (Wildman–Crippen MR) is 54.1 cm³/mol. The Labute approximate surface area is 94.7 Å². The van der Waals surface area contributed by atoms with Crippen LogP contribution in [0.5, 0.6) is 0 Å². The van der Waals surface area contributed by atoms with Gasteiger partial charge in [-0.3, -0.25) is 0 Å². The molecule has 0 aromatic heterocycles. The summed E-state index contributed by atoms with van der Waals surface area (Å²) in [5.41, 5.74) is 0. The van der Waals surface area contributed by atoms with Gasteiger partial charge in [-0.2, -0.15) is 0 Å². The van der Waals surface area contributed by atoms with Crippen LogP contribution in [0.15, 0.2) is 0 Å². The van der Waals surface area contributed by atoms with Gasteiger partial charge < -0.3 is 23.7 Å². The van der Waals surface area contributed by atoms with Crippen molar-refractivity contribution >= 4 is 5.97 Å². The number of rotatable bonds is 5. The molecule has 0 unspecified atom stereocenters. The molecule has 0 N–H and O–H groups in total. The number of methoxy groups -OCH3 is 4. The van der Waals surface area contributed by atoms with Gasteiger partial charge in [0.1, 0.15) is 12.2 Å². The van der Waals surface area contributed by atoms with Crippen LogP contribution in [0.1, 0.15) is 0 Å². The maximum atomic E-state index is 11.6. The van der Waals surface area contributed by atoms with Gasteiger partial charge in [-0.15, -0.1) is 0 Å². The van der Waals surface area contributed by atoms with E-state index < -0.39 is 30.4 Å². The van der Waals surface area contributed by atoms with Gasteiger partial charge in [0.15, 0.2) is 12.2 Å². The zero-order chi connectivity index (χ0) is 12.1. The molecule has 0 aromatic rings. The third kappa shape index (κ3) is 2.52. The minimum absolute atomic E-state index is 0.264. The first kappa shape index (κ1) is 13.4. The molecule has 6 heteroatoms. The fraction of sp³-hybridized carbons (Fsp3) is 0.900. The van der Waals surface area contributed by atoms with Gasteiger partial charge in [-0.25, -0.2) is 4.79 Å². The van der Waals surface area contributed by atoms with E-state index in [9.17, 15) is 4.79 Å². The summed E-state index contributed by atoms with van der Waals surface area (Å²) in [5.74, 6) is -0.454. The van der Waals surface area contributed by atoms with Crippen molar-refractivity contribution in [1.82, 2.24) is 0 Å². The van der Waals surface area contributed by atoms with Crippen LogP contribution in [0.4, 0.5) is 0 Å². The molecule has 1 saturated heterocycles. The Hall–Kier alpha value is -0.690. The standard InChI is InChI=1S/C10H18O6/c1-12-5-6-7(13-2)8(14-3)9(15-4)10(11)16-6/h6-9H,5H2,1-4H3/t6-,7-,8+,9+/m0/s1. The molecular formula is C10H18O6. The normalized spacial score (nSPS) is 34.9. The minimum atomic E-state index is -0.761. The summed E-state index contributed by atoms with van der Waals surface area (Å²) in [7, 11) is 6.00. The second-order valence-corrected chi connectivity index (χ2v) is 3.49. The molecule has 1 aliphatic rings. The Kier molecular flexibility index (Phi) is 5.14. The lowest BCUT2D eigenvalue weighted by atomic mass is 9.99. The fourth-order valence-corrected chi connectivity index (χ4v) is 1.87. The van der Waals surface area contributed by atoms with E-state index in [2.05, 4.69) is 0 Å². The van der Waals surface area contributed by atoms with Gasteiger partial charge in [0, 0.05) is 28.4 Å². The van der Waals surface area contributed by atoms with Crippen molar-refractivity contribution in [3.05, 3.63) is 0 Å². The van der Waals surface area contributed by atoms with Crippen LogP contribution in [0, 0.1) is 0 Å². The Morgan fingerprint density at radius 1 is 1.06 bits per heavy atom. The van der Waals surface area contributed by atoms with Crippen LogP contribution < -0.4 is 0 Å². The van der Waals surface area contributed by atoms with Gasteiger partial charge in [0.2, 0.25) is 0 Å². The molecule has 94 valence electrons. The summed E-state index contributed by atoms with van der Waals surface area (Å²) < 4.78 is 25.7. The molecule has 0 saturated carbocycles. The van der Waals surface area contributed by atoms with Crippen molar-refractivity contribution in [3.63, 3.8) is 0 Å². The summed E-state index contributed by atoms with van der Waals surface area (Å²) in [6, 6.07) is 0. The molecule has 1 fully saturated rings. The van der Waals surface area contributed by atoms with Crippen molar-refractivity contribution in [2.24, 2.45) is 0 Å². The van der Waals surface area contributed by atoms with E-state index in [0.717, 1.165) is 0 Å². The molecule has 0 radical (unpaired) electrons. The van der Waals surface area contributed by atoms with Gasteiger partial charge >= 0.3 is 5.97 Å². The van der Waals surface area contributed by atoms with E-state index in [1.54, 1.807) is 0 Å². The van der Waals surface area contributed by atoms with Crippen LogP contribution in [0.2, 0.25) is 0 Å². The molecule has 16 heavy (non-hydrogen) atoms. The largest absolute Gasteiger partial charge is 0.455 e. The maximum Gasteiger partial charge on any atom is 0.338 e. The van der Waals surface area contributed by atoms with Crippen LogP contribution in [-0.4, -0.2) is 65.4 Å². The average molecular weight is 234 g/mol. The van der Waals surface area contributed by atoms with E-state index in [-0.39, 0.29) is 6.61 Å². The van der Waals surface area contributed by atoms with Crippen LogP contribution in [-0.2, 0) is 28.5 Å². The Balaban J connectivity index is 2.83. The highest BCUT2D eigenvalue weighted by Gasteiger charge is 2.47. The molecular weight excluding hydrogens is 216 g/mol. The van der Waals surface area contributed by atoms with Crippen molar-refractivity contribution in [1.29, 1.82) is 0 Å². The lowest BCUT2D eigenvalue weighted by Crippen LogP contribution is -2.58. The third-order valence-electron chi connectivity index (χ3n) is 2.62. The molecule has 0 bridgehead atoms. The number of hydrogen-bond acceptors (Lipinski definition) is 6. The van der Waals surface area contributed by atoms with E-state index in [4.69, 9.17) is 23.7 Å². The number of carbonyl (C=O) groups is 1. The first-order valence-electron chi connectivity index (χ1n) is 4.97. The van der Waals surface area contributed by atoms with E-state index in [1.165, 1.54) is 28.4 Å². The average Bonchev–Trinajstić information content (AvgIpc) is 2.28. The first-order valence-corrected chi connectivity index (χ1v) is 4.97. The highest BCUT2D eigenvalue weighted by molar-refractivity contribution is 5.76. The second-order valence-electron chi connectivity index (χ2n) is 3.49. The molecule has 6 nitrogen and oxygen atoms in total. The van der Waals surface area contributed by atoms with Gasteiger partial charge in [-0.1, -0.05) is 0 Å². The van der Waals surface area contributed by atoms with E-state index in [1.807, 2.05) is 0 Å². The highest BCUT2D eigenvalue weighted by Crippen LogP contribution is 2.23. The Morgan fingerprint density at radius 3 is 2.12 bits per heavy atom. The second kappa shape index (κ2) is 6.15. The van der Waals surface area contributed by atoms with Crippen LogP contribution >= 0.6 is 0 Å². The quantitative estimate of drug-likeness (QED) is 0.603. The summed E-state index contributed by atoms with van der Waals surface area (Å²) in [4.78, 5) is 11.6. The fourth-order valence-electron chi connectivity index (χ4n) is 1.87. The molecule has 1 heterocycles. The SMILES string of the molecule is COC[C@@H]1OC(=O)[C@H](OC)[C@H](OC)[C@H]1OC. The summed E-state index contributed by atoms with van der Waals surface area (Å²) in [6.45, 7) is 0.264. The van der Waals surface area contributed by atoms with Crippen molar-refractivity contribution in [2.75, 3.05) is 35.0 Å². The van der Waals surface area contributed by atoms with Crippen molar-refractivity contribution < 1.29 is 28.5 Å². The molecule has 0 aliphatic carbocycles.